The minimum atomic E-state index is -3.87. The van der Waals surface area contributed by atoms with Gasteiger partial charge in [-0.3, -0.25) is 33.5 Å². The number of nitrogens with one attached hydrogen (secondary N) is 3. The third-order valence-electron chi connectivity index (χ3n) is 12.6. The molecule has 3 N–H and O–H groups in total. The summed E-state index contributed by atoms with van der Waals surface area (Å²) in [4.78, 5) is 87.2. The molecule has 9 atom stereocenters. The molecule has 2 aliphatic rings. The third kappa shape index (κ3) is 13.5. The van der Waals surface area contributed by atoms with Gasteiger partial charge in [0.1, 0.15) is 18.1 Å². The number of sulfonamides is 1. The molecule has 1 saturated carbocycles. The number of nitrogens with zero attached hydrogens (tertiary/aromatic N) is 3. The van der Waals surface area contributed by atoms with Gasteiger partial charge in [0.25, 0.3) is 5.91 Å². The molecule has 350 valence electrons. The molecule has 2 fully saturated rings. The largest absolute Gasteiger partial charge is 0.379 e. The number of carbonyl (C=O) groups excluding carboxylic acids is 6. The Bertz CT molecular complexity index is 1790. The van der Waals surface area contributed by atoms with Crippen molar-refractivity contribution in [2.75, 3.05) is 34.9 Å². The van der Waals surface area contributed by atoms with Gasteiger partial charge in [-0.1, -0.05) is 92.1 Å². The maximum absolute atomic E-state index is 14.4. The molecule has 1 saturated heterocycles. The van der Waals surface area contributed by atoms with Crippen LogP contribution in [-0.4, -0.2) is 141 Å². The molecule has 0 spiro atoms. The summed E-state index contributed by atoms with van der Waals surface area (Å²) in [5, 5.41) is 5.10. The molecule has 16 nitrogen and oxygen atoms in total. The number of likely N-dealkylation sites (N-methyl/N-ethyl adjacent to an activating group) is 2. The number of amides is 6. The summed E-state index contributed by atoms with van der Waals surface area (Å²) in [6.45, 7) is 15.2. The Balaban J connectivity index is 1.81. The van der Waals surface area contributed by atoms with Gasteiger partial charge in [0.2, 0.25) is 39.6 Å². The van der Waals surface area contributed by atoms with Gasteiger partial charge in [-0.15, -0.1) is 0 Å². The van der Waals surface area contributed by atoms with Gasteiger partial charge in [-0.05, 0) is 49.0 Å². The smallest absolute Gasteiger partial charge is 0.256 e. The van der Waals surface area contributed by atoms with E-state index >= 15 is 0 Å². The van der Waals surface area contributed by atoms with Crippen molar-refractivity contribution in [3.63, 3.8) is 0 Å². The minimum Gasteiger partial charge on any atom is -0.379 e. The highest BCUT2D eigenvalue weighted by atomic mass is 32.2. The molecule has 0 radical (unpaired) electrons. The summed E-state index contributed by atoms with van der Waals surface area (Å²) >= 11 is 0. The second-order valence-electron chi connectivity index (χ2n) is 17.8. The van der Waals surface area contributed by atoms with Crippen LogP contribution in [0.5, 0.6) is 0 Å². The molecule has 1 aromatic carbocycles. The summed E-state index contributed by atoms with van der Waals surface area (Å²) < 4.78 is 39.5. The topological polar surface area (TPSA) is 201 Å². The summed E-state index contributed by atoms with van der Waals surface area (Å²) in [7, 11) is 2.36. The molecule has 1 aromatic rings. The quantitative estimate of drug-likeness (QED) is 0.138. The van der Waals surface area contributed by atoms with Crippen molar-refractivity contribution in [3.05, 3.63) is 35.9 Å². The maximum Gasteiger partial charge on any atom is 0.256 e. The highest BCUT2D eigenvalue weighted by Crippen LogP contribution is 2.30. The molecule has 6 amide bonds. The zero-order valence-corrected chi connectivity index (χ0v) is 39.8. The Morgan fingerprint density at radius 2 is 1.45 bits per heavy atom. The second kappa shape index (κ2) is 23.6. The van der Waals surface area contributed by atoms with Crippen molar-refractivity contribution < 1.29 is 46.7 Å². The number of rotatable bonds is 24. The van der Waals surface area contributed by atoms with Gasteiger partial charge in [0.15, 0.2) is 0 Å². The van der Waals surface area contributed by atoms with E-state index in [1.807, 2.05) is 47.6 Å². The standard InChI is InChI=1S/C45H74N6O10S/c1-13-29(7)40(50(10)45(57)38(27(3)4)47-44(56)39(28(5)6)49(9)36(52)14-2)35(60-11)26-37(53)51-24-18-21-34(51)41(61-12)30(8)42(54)46-33(25-31-19-16-15-17-20-31)43(55)48-62(58,59)32-22-23-32/h15-17,19-20,27-30,32-35,38-41H,13-14,18,21-26H2,1-12H3,(H,46,54)(H,47,56)(H,48,55)/t29-,30+,33-,34-,35+,38-,39-,40-,41+/m0/s1. The highest BCUT2D eigenvalue weighted by Gasteiger charge is 2.44. The Morgan fingerprint density at radius 1 is 0.823 bits per heavy atom. The Hall–Kier alpha value is -4.09. The number of likely N-dealkylation sites (tertiary alicyclic amines) is 1. The van der Waals surface area contributed by atoms with Gasteiger partial charge < -0.3 is 34.8 Å². The van der Waals surface area contributed by atoms with Gasteiger partial charge >= 0.3 is 0 Å². The van der Waals surface area contributed by atoms with Crippen LogP contribution < -0.4 is 15.4 Å². The summed E-state index contributed by atoms with van der Waals surface area (Å²) in [5.74, 6) is -4.02. The lowest BCUT2D eigenvalue weighted by atomic mass is 9.89. The lowest BCUT2D eigenvalue weighted by Gasteiger charge is -2.41. The van der Waals surface area contributed by atoms with E-state index in [9.17, 15) is 37.2 Å². The van der Waals surface area contributed by atoms with Crippen LogP contribution in [0, 0.1) is 23.7 Å². The Kier molecular flexibility index (Phi) is 19.9. The van der Waals surface area contributed by atoms with E-state index in [0.717, 1.165) is 5.56 Å². The van der Waals surface area contributed by atoms with Crippen molar-refractivity contribution in [3.8, 4) is 0 Å². The van der Waals surface area contributed by atoms with E-state index < -0.39 is 81.3 Å². The fraction of sp³-hybridized carbons (Fsp3) is 0.733. The molecule has 1 heterocycles. The molecule has 62 heavy (non-hydrogen) atoms. The first kappa shape index (κ1) is 52.3. The van der Waals surface area contributed by atoms with Crippen molar-refractivity contribution in [2.45, 2.75) is 154 Å². The van der Waals surface area contributed by atoms with E-state index in [0.29, 0.717) is 38.6 Å². The van der Waals surface area contributed by atoms with Crippen LogP contribution in [0.25, 0.3) is 0 Å². The fourth-order valence-electron chi connectivity index (χ4n) is 8.64. The van der Waals surface area contributed by atoms with Crippen LogP contribution in [-0.2, 0) is 54.7 Å². The normalized spacial score (nSPS) is 19.4. The van der Waals surface area contributed by atoms with Crippen LogP contribution >= 0.6 is 0 Å². The molecular weight excluding hydrogens is 817 g/mol. The molecule has 0 unspecified atom stereocenters. The van der Waals surface area contributed by atoms with Crippen molar-refractivity contribution >= 4 is 45.5 Å². The zero-order chi connectivity index (χ0) is 46.6. The Morgan fingerprint density at radius 3 is 1.97 bits per heavy atom. The number of hydrogen-bond donors (Lipinski definition) is 3. The SMILES string of the molecule is CCC(=O)N(C)[C@H](C(=O)N[C@H](C(=O)N(C)[C@@H]([C@@H](C)CC)[C@@H](CC(=O)N1CCC[C@H]1[C@H](OC)[C@@H](C)C(=O)N[C@@H](Cc1ccccc1)C(=O)NS(=O)(=O)C1CC1)OC)C(C)C)C(C)C. The van der Waals surface area contributed by atoms with Crippen LogP contribution in [0.4, 0.5) is 0 Å². The number of methoxy groups -OCH3 is 2. The number of ether oxygens (including phenoxy) is 2. The number of benzene rings is 1. The van der Waals surface area contributed by atoms with Crippen LogP contribution in [0.3, 0.4) is 0 Å². The maximum atomic E-state index is 14.4. The van der Waals surface area contributed by atoms with Gasteiger partial charge in [0.05, 0.1) is 41.9 Å². The third-order valence-corrected chi connectivity index (χ3v) is 14.5. The van der Waals surface area contributed by atoms with Crippen molar-refractivity contribution in [2.24, 2.45) is 23.7 Å². The summed E-state index contributed by atoms with van der Waals surface area (Å²) in [6, 6.07) is 5.03. The number of carbonyl (C=O) groups is 6. The molecular formula is C45H74N6O10S. The van der Waals surface area contributed by atoms with Gasteiger partial charge in [0, 0.05) is 47.7 Å². The van der Waals surface area contributed by atoms with Crippen molar-refractivity contribution in [1.82, 2.24) is 30.1 Å². The van der Waals surface area contributed by atoms with E-state index in [1.54, 1.807) is 62.0 Å². The van der Waals surface area contributed by atoms with E-state index in [4.69, 9.17) is 9.47 Å². The number of hydrogen-bond acceptors (Lipinski definition) is 10. The second-order valence-corrected chi connectivity index (χ2v) is 19.8. The van der Waals surface area contributed by atoms with Crippen LogP contribution in [0.15, 0.2) is 30.3 Å². The fourth-order valence-corrected chi connectivity index (χ4v) is 9.99. The predicted octanol–water partition coefficient (Wildman–Crippen LogP) is 3.28. The lowest BCUT2D eigenvalue weighted by molar-refractivity contribution is -0.148. The first-order chi connectivity index (χ1) is 29.1. The Labute approximate surface area is 370 Å². The average molecular weight is 891 g/mol. The first-order valence-electron chi connectivity index (χ1n) is 22.2. The van der Waals surface area contributed by atoms with E-state index in [2.05, 4.69) is 15.4 Å². The van der Waals surface area contributed by atoms with Crippen LogP contribution in [0.1, 0.15) is 106 Å². The molecule has 1 aliphatic carbocycles. The molecule has 17 heteroatoms. The molecule has 3 rings (SSSR count). The molecule has 0 bridgehead atoms. The monoisotopic (exact) mass is 891 g/mol. The van der Waals surface area contributed by atoms with Crippen LogP contribution in [0.2, 0.25) is 0 Å². The minimum absolute atomic E-state index is 0.0593. The zero-order valence-electron chi connectivity index (χ0n) is 39.0. The predicted molar refractivity (Wildman–Crippen MR) is 237 cm³/mol. The van der Waals surface area contributed by atoms with Gasteiger partial charge in [-0.2, -0.15) is 0 Å². The van der Waals surface area contributed by atoms with E-state index in [1.165, 1.54) is 19.1 Å². The first-order valence-corrected chi connectivity index (χ1v) is 23.8. The molecule has 0 aromatic heterocycles. The van der Waals surface area contributed by atoms with Gasteiger partial charge in [-0.25, -0.2) is 8.42 Å². The summed E-state index contributed by atoms with van der Waals surface area (Å²) in [5.41, 5.74) is 0.730. The average Bonchev–Trinajstić information content (AvgIpc) is 4.00. The van der Waals surface area contributed by atoms with E-state index in [-0.39, 0.29) is 54.7 Å². The van der Waals surface area contributed by atoms with Crippen molar-refractivity contribution in [1.29, 1.82) is 0 Å². The lowest BCUT2D eigenvalue weighted by Crippen LogP contribution is -2.60. The highest BCUT2D eigenvalue weighted by molar-refractivity contribution is 7.90. The summed E-state index contributed by atoms with van der Waals surface area (Å²) in [6.07, 6.45) is 1.51. The molecule has 1 aliphatic heterocycles.